The molecule has 0 bridgehead atoms. The molecule has 0 aromatic rings. The Labute approximate surface area is 131 Å². The maximum Gasteiger partial charge on any atom is 0.158 e. The van der Waals surface area contributed by atoms with Crippen molar-refractivity contribution in [3.63, 3.8) is 0 Å². The topological polar surface area (TPSA) is 17.1 Å². The van der Waals surface area contributed by atoms with Crippen LogP contribution in [0.15, 0.2) is 34.9 Å². The number of rotatable bonds is 1. The van der Waals surface area contributed by atoms with Crippen molar-refractivity contribution in [1.82, 2.24) is 0 Å². The smallest absolute Gasteiger partial charge is 0.158 e. The van der Waals surface area contributed by atoms with Crippen LogP contribution in [0.5, 0.6) is 0 Å². The summed E-state index contributed by atoms with van der Waals surface area (Å²) in [6.07, 6.45) is 13.0. The Bertz CT molecular complexity index is 435. The first-order valence-corrected chi connectivity index (χ1v) is 8.42. The van der Waals surface area contributed by atoms with Gasteiger partial charge in [0.05, 0.1) is 0 Å². The second kappa shape index (κ2) is 9.02. The third-order valence-electron chi connectivity index (χ3n) is 4.47. The number of ketones is 1. The average molecular weight is 288 g/mol. The quantitative estimate of drug-likeness (QED) is 0.539. The summed E-state index contributed by atoms with van der Waals surface area (Å²) in [5.41, 5.74) is 4.12. The average Bonchev–Trinajstić information content (AvgIpc) is 2.37. The maximum atomic E-state index is 12.5. The molecule has 0 radical (unpaired) electrons. The minimum atomic E-state index is 0.170. The number of allylic oxidation sites excluding steroid dienone is 6. The third-order valence-corrected chi connectivity index (χ3v) is 4.47. The Hall–Kier alpha value is -1.11. The number of hydrogen-bond donors (Lipinski definition) is 0. The Kier molecular flexibility index (Phi) is 7.71. The molecule has 0 spiro atoms. The normalized spacial score (nSPS) is 30.7. The molecule has 21 heavy (non-hydrogen) atoms. The van der Waals surface area contributed by atoms with Crippen LogP contribution in [-0.4, -0.2) is 5.78 Å². The van der Waals surface area contributed by atoms with Gasteiger partial charge in [0.1, 0.15) is 0 Å². The predicted molar refractivity (Wildman–Crippen MR) is 92.3 cm³/mol. The summed E-state index contributed by atoms with van der Waals surface area (Å²) >= 11 is 0. The fourth-order valence-corrected chi connectivity index (χ4v) is 2.91. The largest absolute Gasteiger partial charge is 0.295 e. The molecule has 0 aromatic carbocycles. The second-order valence-corrected chi connectivity index (χ2v) is 6.96. The standard InChI is InChI=1S/C20H32O/c1-15(2)19-13-12-17(4)10-6-8-16(3)9-7-11-18(5)14-20(19)21/h9-10,14-15,19H,6-8,11-13H2,1-5H3/b16-9-,17-10-,18-14-. The molecule has 1 rings (SSSR count). The van der Waals surface area contributed by atoms with Crippen molar-refractivity contribution < 1.29 is 4.79 Å². The molecule has 0 aliphatic heterocycles. The molecular weight excluding hydrogens is 256 g/mol. The number of hydrogen-bond acceptors (Lipinski definition) is 1. The van der Waals surface area contributed by atoms with Crippen molar-refractivity contribution in [2.24, 2.45) is 11.8 Å². The molecule has 1 unspecified atom stereocenters. The molecule has 118 valence electrons. The van der Waals surface area contributed by atoms with Crippen LogP contribution in [0.3, 0.4) is 0 Å². The summed E-state index contributed by atoms with van der Waals surface area (Å²) in [6, 6.07) is 0. The zero-order valence-electron chi connectivity index (χ0n) is 14.5. The summed E-state index contributed by atoms with van der Waals surface area (Å²) in [5.74, 6) is 0.918. The van der Waals surface area contributed by atoms with Crippen LogP contribution in [0.25, 0.3) is 0 Å². The molecule has 0 heterocycles. The molecule has 0 amide bonds. The van der Waals surface area contributed by atoms with E-state index in [1.807, 2.05) is 6.08 Å². The predicted octanol–water partition coefficient (Wildman–Crippen LogP) is 6.02. The Morgan fingerprint density at radius 3 is 2.00 bits per heavy atom. The van der Waals surface area contributed by atoms with Crippen LogP contribution in [0.4, 0.5) is 0 Å². The fourth-order valence-electron chi connectivity index (χ4n) is 2.91. The van der Waals surface area contributed by atoms with Crippen LogP contribution in [0, 0.1) is 11.8 Å². The monoisotopic (exact) mass is 288 g/mol. The van der Waals surface area contributed by atoms with E-state index in [0.717, 1.165) is 38.5 Å². The minimum Gasteiger partial charge on any atom is -0.295 e. The zero-order valence-corrected chi connectivity index (χ0v) is 14.5. The molecule has 1 heteroatoms. The van der Waals surface area contributed by atoms with Crippen LogP contribution in [0.1, 0.15) is 73.1 Å². The van der Waals surface area contributed by atoms with Gasteiger partial charge in [0.15, 0.2) is 5.78 Å². The SMILES string of the molecule is C/C1=C/CC/C(C)=C\C(=O)C(C(C)C)CC/C(C)=C\CC1. The Morgan fingerprint density at radius 2 is 1.43 bits per heavy atom. The third kappa shape index (κ3) is 6.93. The van der Waals surface area contributed by atoms with E-state index >= 15 is 0 Å². The zero-order chi connectivity index (χ0) is 15.8. The molecule has 1 aliphatic rings. The van der Waals surface area contributed by atoms with Crippen molar-refractivity contribution in [2.45, 2.75) is 73.1 Å². The van der Waals surface area contributed by atoms with Gasteiger partial charge >= 0.3 is 0 Å². The first kappa shape index (κ1) is 17.9. The van der Waals surface area contributed by atoms with E-state index in [2.05, 4.69) is 46.8 Å². The molecule has 0 saturated carbocycles. The van der Waals surface area contributed by atoms with Gasteiger partial charge in [-0.2, -0.15) is 0 Å². The van der Waals surface area contributed by atoms with Gasteiger partial charge in [0, 0.05) is 5.92 Å². The lowest BCUT2D eigenvalue weighted by Crippen LogP contribution is -2.19. The summed E-state index contributed by atoms with van der Waals surface area (Å²) in [4.78, 5) is 12.5. The lowest BCUT2D eigenvalue weighted by atomic mass is 9.85. The highest BCUT2D eigenvalue weighted by Gasteiger charge is 2.20. The van der Waals surface area contributed by atoms with E-state index in [1.54, 1.807) is 0 Å². The minimum absolute atomic E-state index is 0.170. The highest BCUT2D eigenvalue weighted by Crippen LogP contribution is 2.23. The van der Waals surface area contributed by atoms with Crippen LogP contribution < -0.4 is 0 Å². The second-order valence-electron chi connectivity index (χ2n) is 6.96. The van der Waals surface area contributed by atoms with Crippen molar-refractivity contribution in [1.29, 1.82) is 0 Å². The Morgan fingerprint density at radius 1 is 0.905 bits per heavy atom. The highest BCUT2D eigenvalue weighted by molar-refractivity contribution is 5.92. The van der Waals surface area contributed by atoms with E-state index in [-0.39, 0.29) is 5.92 Å². The lowest BCUT2D eigenvalue weighted by molar-refractivity contribution is -0.119. The van der Waals surface area contributed by atoms with E-state index in [9.17, 15) is 4.79 Å². The summed E-state index contributed by atoms with van der Waals surface area (Å²) in [5, 5.41) is 0. The number of carbonyl (C=O) groups excluding carboxylic acids is 1. The van der Waals surface area contributed by atoms with Gasteiger partial charge in [0.25, 0.3) is 0 Å². The van der Waals surface area contributed by atoms with Gasteiger partial charge in [-0.05, 0) is 71.3 Å². The van der Waals surface area contributed by atoms with Crippen molar-refractivity contribution in [3.05, 3.63) is 34.9 Å². The fraction of sp³-hybridized carbons (Fsp3) is 0.650. The summed E-state index contributed by atoms with van der Waals surface area (Å²) < 4.78 is 0. The van der Waals surface area contributed by atoms with Gasteiger partial charge in [-0.3, -0.25) is 4.79 Å². The molecule has 0 saturated heterocycles. The Balaban J connectivity index is 2.90. The van der Waals surface area contributed by atoms with Crippen molar-refractivity contribution >= 4 is 5.78 Å². The van der Waals surface area contributed by atoms with E-state index in [0.29, 0.717) is 11.7 Å². The van der Waals surface area contributed by atoms with Crippen molar-refractivity contribution in [2.75, 3.05) is 0 Å². The summed E-state index contributed by atoms with van der Waals surface area (Å²) in [6.45, 7) is 10.8. The first-order chi connectivity index (χ1) is 9.90. The molecule has 1 atom stereocenters. The van der Waals surface area contributed by atoms with Crippen LogP contribution in [-0.2, 0) is 4.79 Å². The molecule has 1 aliphatic carbocycles. The van der Waals surface area contributed by atoms with Crippen molar-refractivity contribution in [3.8, 4) is 0 Å². The molecule has 0 N–H and O–H groups in total. The van der Waals surface area contributed by atoms with Gasteiger partial charge < -0.3 is 0 Å². The van der Waals surface area contributed by atoms with Gasteiger partial charge in [-0.15, -0.1) is 0 Å². The van der Waals surface area contributed by atoms with Crippen LogP contribution >= 0.6 is 0 Å². The van der Waals surface area contributed by atoms with Gasteiger partial charge in [-0.1, -0.05) is 42.7 Å². The molecule has 1 nitrogen and oxygen atoms in total. The summed E-state index contributed by atoms with van der Waals surface area (Å²) in [7, 11) is 0. The first-order valence-electron chi connectivity index (χ1n) is 8.42. The maximum absolute atomic E-state index is 12.5. The van der Waals surface area contributed by atoms with E-state index < -0.39 is 0 Å². The number of carbonyl (C=O) groups is 1. The van der Waals surface area contributed by atoms with Crippen LogP contribution in [0.2, 0.25) is 0 Å². The van der Waals surface area contributed by atoms with E-state index in [4.69, 9.17) is 0 Å². The molecular formula is C20H32O. The molecule has 0 aromatic heterocycles. The van der Waals surface area contributed by atoms with E-state index in [1.165, 1.54) is 16.7 Å². The highest BCUT2D eigenvalue weighted by atomic mass is 16.1. The van der Waals surface area contributed by atoms with Gasteiger partial charge in [0.2, 0.25) is 0 Å². The molecule has 0 fully saturated rings. The van der Waals surface area contributed by atoms with Gasteiger partial charge in [-0.25, -0.2) is 0 Å². The lowest BCUT2D eigenvalue weighted by Gasteiger charge is -2.19.